The maximum Gasteiger partial charge on any atom is 0.229 e. The van der Waals surface area contributed by atoms with E-state index in [4.69, 9.17) is 0 Å². The van der Waals surface area contributed by atoms with Crippen LogP contribution in [0.3, 0.4) is 0 Å². The number of piperidine rings is 1. The summed E-state index contributed by atoms with van der Waals surface area (Å²) in [5.74, 6) is -0.209. The lowest BCUT2D eigenvalue weighted by atomic mass is 9.67. The molecule has 1 N–H and O–H groups in total. The summed E-state index contributed by atoms with van der Waals surface area (Å²) in [6.45, 7) is 2.20. The van der Waals surface area contributed by atoms with Crippen molar-refractivity contribution in [1.29, 1.82) is 0 Å². The van der Waals surface area contributed by atoms with Gasteiger partial charge >= 0.3 is 0 Å². The number of hydrogen-bond acceptors (Lipinski definition) is 4. The van der Waals surface area contributed by atoms with E-state index in [9.17, 15) is 14.7 Å². The van der Waals surface area contributed by atoms with Gasteiger partial charge in [-0.3, -0.25) is 14.5 Å². The van der Waals surface area contributed by atoms with Crippen LogP contribution in [0, 0.1) is 5.41 Å². The number of likely N-dealkylation sites (tertiary alicyclic amines) is 1. The van der Waals surface area contributed by atoms with Crippen LogP contribution in [0.5, 0.6) is 0 Å². The molecule has 21 heavy (non-hydrogen) atoms. The van der Waals surface area contributed by atoms with E-state index in [2.05, 4.69) is 0 Å². The Labute approximate surface area is 127 Å². The first-order valence-corrected chi connectivity index (χ1v) is 7.93. The molecule has 0 aromatic heterocycles. The molecular formula is C16H28N2O3. The van der Waals surface area contributed by atoms with E-state index in [1.165, 1.54) is 11.3 Å². The van der Waals surface area contributed by atoms with Gasteiger partial charge in [0.15, 0.2) is 0 Å². The highest BCUT2D eigenvalue weighted by molar-refractivity contribution is 5.98. The summed E-state index contributed by atoms with van der Waals surface area (Å²) < 4.78 is 0. The standard InChI is InChI=1S/C16H28N2O3/c1-15(21,11-17(2)3)12-18-13(19)9-16(10-14(18)20)7-5-4-6-8-16/h21H,4-12H2,1-3H3. The molecule has 1 aliphatic carbocycles. The van der Waals surface area contributed by atoms with Crippen molar-refractivity contribution in [1.82, 2.24) is 9.80 Å². The lowest BCUT2D eigenvalue weighted by molar-refractivity contribution is -0.158. The van der Waals surface area contributed by atoms with Crippen molar-refractivity contribution < 1.29 is 14.7 Å². The second kappa shape index (κ2) is 6.05. The zero-order valence-corrected chi connectivity index (χ0v) is 13.5. The first-order chi connectivity index (χ1) is 9.73. The van der Waals surface area contributed by atoms with Crippen molar-refractivity contribution in [2.75, 3.05) is 27.2 Å². The van der Waals surface area contributed by atoms with Crippen LogP contribution >= 0.6 is 0 Å². The molecule has 2 fully saturated rings. The third-order valence-electron chi connectivity index (χ3n) is 4.72. The van der Waals surface area contributed by atoms with Gasteiger partial charge in [0.05, 0.1) is 12.1 Å². The highest BCUT2D eigenvalue weighted by Gasteiger charge is 2.45. The number of hydrogen-bond donors (Lipinski definition) is 1. The van der Waals surface area contributed by atoms with Gasteiger partial charge < -0.3 is 10.0 Å². The quantitative estimate of drug-likeness (QED) is 0.797. The van der Waals surface area contributed by atoms with E-state index >= 15 is 0 Å². The van der Waals surface area contributed by atoms with Gasteiger partial charge in [0.25, 0.3) is 0 Å². The van der Waals surface area contributed by atoms with Crippen molar-refractivity contribution in [2.24, 2.45) is 5.41 Å². The summed E-state index contributed by atoms with van der Waals surface area (Å²) >= 11 is 0. The number of rotatable bonds is 4. The number of likely N-dealkylation sites (N-methyl/N-ethyl adjacent to an activating group) is 1. The monoisotopic (exact) mass is 296 g/mol. The molecular weight excluding hydrogens is 268 g/mol. The Bertz CT molecular complexity index is 392. The summed E-state index contributed by atoms with van der Waals surface area (Å²) in [4.78, 5) is 28.0. The van der Waals surface area contributed by atoms with Crippen LogP contribution in [0.4, 0.5) is 0 Å². The predicted molar refractivity (Wildman–Crippen MR) is 80.6 cm³/mol. The fraction of sp³-hybridized carbons (Fsp3) is 0.875. The van der Waals surface area contributed by atoms with Crippen LogP contribution < -0.4 is 0 Å². The molecule has 5 nitrogen and oxygen atoms in total. The minimum atomic E-state index is -1.06. The van der Waals surface area contributed by atoms with Gasteiger partial charge in [0, 0.05) is 19.4 Å². The van der Waals surface area contributed by atoms with Gasteiger partial charge in [0.1, 0.15) is 0 Å². The number of β-amino-alcohol motifs (C(OH)–C–C–N with tert-alkyl or cyclic N) is 1. The van der Waals surface area contributed by atoms with Gasteiger partial charge in [-0.2, -0.15) is 0 Å². The highest BCUT2D eigenvalue weighted by atomic mass is 16.3. The van der Waals surface area contributed by atoms with Crippen molar-refractivity contribution in [2.45, 2.75) is 57.5 Å². The summed E-state index contributed by atoms with van der Waals surface area (Å²) in [6, 6.07) is 0. The van der Waals surface area contributed by atoms with E-state index in [0.29, 0.717) is 19.4 Å². The van der Waals surface area contributed by atoms with Crippen LogP contribution in [0.15, 0.2) is 0 Å². The Balaban J connectivity index is 2.03. The molecule has 0 radical (unpaired) electrons. The van der Waals surface area contributed by atoms with Crippen LogP contribution in [0.1, 0.15) is 51.9 Å². The molecule has 1 saturated heterocycles. The van der Waals surface area contributed by atoms with E-state index in [0.717, 1.165) is 25.7 Å². The second-order valence-electron chi connectivity index (χ2n) is 7.52. The van der Waals surface area contributed by atoms with Crippen molar-refractivity contribution >= 4 is 11.8 Å². The molecule has 0 bridgehead atoms. The van der Waals surface area contributed by atoms with E-state index in [-0.39, 0.29) is 23.8 Å². The molecule has 0 aromatic rings. The highest BCUT2D eigenvalue weighted by Crippen LogP contribution is 2.45. The third kappa shape index (κ3) is 4.04. The van der Waals surface area contributed by atoms with Crippen LogP contribution in [-0.4, -0.2) is 59.5 Å². The molecule has 1 spiro atoms. The Morgan fingerprint density at radius 2 is 1.67 bits per heavy atom. The van der Waals surface area contributed by atoms with E-state index in [1.807, 2.05) is 19.0 Å². The summed E-state index contributed by atoms with van der Waals surface area (Å²) in [5, 5.41) is 10.4. The lowest BCUT2D eigenvalue weighted by Gasteiger charge is -2.44. The lowest BCUT2D eigenvalue weighted by Crippen LogP contribution is -2.55. The number of amides is 2. The number of imide groups is 1. The number of nitrogens with zero attached hydrogens (tertiary/aromatic N) is 2. The number of carbonyl (C=O) groups is 2. The third-order valence-corrected chi connectivity index (χ3v) is 4.72. The van der Waals surface area contributed by atoms with E-state index in [1.54, 1.807) is 6.92 Å². The fourth-order valence-corrected chi connectivity index (χ4v) is 3.94. The average molecular weight is 296 g/mol. The SMILES string of the molecule is CN(C)CC(C)(O)CN1C(=O)CC2(CCCCC2)CC1=O. The topological polar surface area (TPSA) is 60.9 Å². The maximum atomic E-state index is 12.4. The van der Waals surface area contributed by atoms with Gasteiger partial charge in [0.2, 0.25) is 11.8 Å². The second-order valence-corrected chi connectivity index (χ2v) is 7.52. The van der Waals surface area contributed by atoms with Crippen molar-refractivity contribution in [3.63, 3.8) is 0 Å². The minimum absolute atomic E-state index is 0.0870. The molecule has 0 aromatic carbocycles. The fourth-order valence-electron chi connectivity index (χ4n) is 3.94. The summed E-state index contributed by atoms with van der Waals surface area (Å²) in [7, 11) is 3.73. The van der Waals surface area contributed by atoms with Crippen LogP contribution in [0.25, 0.3) is 0 Å². The molecule has 5 heteroatoms. The zero-order chi connectivity index (χ0) is 15.7. The predicted octanol–water partition coefficient (Wildman–Crippen LogP) is 1.40. The van der Waals surface area contributed by atoms with Gasteiger partial charge in [-0.1, -0.05) is 19.3 Å². The number of aliphatic hydroxyl groups is 1. The molecule has 1 unspecified atom stereocenters. The van der Waals surface area contributed by atoms with Crippen molar-refractivity contribution in [3.05, 3.63) is 0 Å². The van der Waals surface area contributed by atoms with Crippen LogP contribution in [-0.2, 0) is 9.59 Å². The number of carbonyl (C=O) groups excluding carboxylic acids is 2. The van der Waals surface area contributed by atoms with Gasteiger partial charge in [-0.05, 0) is 39.3 Å². The molecule has 2 amide bonds. The van der Waals surface area contributed by atoms with Gasteiger partial charge in [-0.25, -0.2) is 0 Å². The molecule has 120 valence electrons. The van der Waals surface area contributed by atoms with Crippen LogP contribution in [0.2, 0.25) is 0 Å². The largest absolute Gasteiger partial charge is 0.387 e. The molecule has 2 rings (SSSR count). The smallest absolute Gasteiger partial charge is 0.229 e. The minimum Gasteiger partial charge on any atom is -0.387 e. The Kier molecular flexibility index (Phi) is 4.73. The molecule has 2 aliphatic rings. The zero-order valence-electron chi connectivity index (χ0n) is 13.5. The maximum absolute atomic E-state index is 12.4. The Morgan fingerprint density at radius 1 is 1.14 bits per heavy atom. The van der Waals surface area contributed by atoms with Gasteiger partial charge in [-0.15, -0.1) is 0 Å². The summed E-state index contributed by atoms with van der Waals surface area (Å²) in [5.41, 5.74) is -1.15. The molecule has 1 atom stereocenters. The molecule has 1 heterocycles. The Hall–Kier alpha value is -0.940. The average Bonchev–Trinajstić information content (AvgIpc) is 2.33. The molecule has 1 aliphatic heterocycles. The Morgan fingerprint density at radius 3 is 2.14 bits per heavy atom. The van der Waals surface area contributed by atoms with Crippen molar-refractivity contribution in [3.8, 4) is 0 Å². The summed E-state index contributed by atoms with van der Waals surface area (Å²) in [6.07, 6.45) is 6.38. The first-order valence-electron chi connectivity index (χ1n) is 7.93. The first kappa shape index (κ1) is 16.4. The normalized spacial score (nSPS) is 25.5. The van der Waals surface area contributed by atoms with E-state index < -0.39 is 5.60 Å². The molecule has 1 saturated carbocycles.